The van der Waals surface area contributed by atoms with Crippen LogP contribution >= 0.6 is 0 Å². The summed E-state index contributed by atoms with van der Waals surface area (Å²) in [5.41, 5.74) is 4.28. The number of aromatic nitrogens is 2. The Balaban J connectivity index is 1.41. The summed E-state index contributed by atoms with van der Waals surface area (Å²) >= 11 is 0. The first-order valence-electron chi connectivity index (χ1n) is 11.1. The maximum Gasteiger partial charge on any atom is 0.257 e. The molecule has 1 aromatic heterocycles. The number of ether oxygens (including phenoxy) is 2. The van der Waals surface area contributed by atoms with Gasteiger partial charge in [0.25, 0.3) is 5.91 Å². The number of nitrogens with one attached hydrogen (secondary N) is 1. The molecule has 6 nitrogen and oxygen atoms in total. The third-order valence-electron chi connectivity index (χ3n) is 5.61. The maximum atomic E-state index is 13.4. The first-order valence-corrected chi connectivity index (χ1v) is 11.1. The van der Waals surface area contributed by atoms with Crippen LogP contribution in [0.2, 0.25) is 0 Å². The summed E-state index contributed by atoms with van der Waals surface area (Å²) in [4.78, 5) is 23.2. The Morgan fingerprint density at radius 3 is 2.45 bits per heavy atom. The SMILES string of the molecule is O=C(/C(=C/c1ccc(OCc2ccccc2)cc1)c1nc2ccccc2[nH]1)N1CCOCC1. The summed E-state index contributed by atoms with van der Waals surface area (Å²) < 4.78 is 11.3. The van der Waals surface area contributed by atoms with Crippen LogP contribution in [-0.4, -0.2) is 47.1 Å². The highest BCUT2D eigenvalue weighted by Gasteiger charge is 2.24. The summed E-state index contributed by atoms with van der Waals surface area (Å²) in [6.45, 7) is 2.75. The third kappa shape index (κ3) is 4.96. The van der Waals surface area contributed by atoms with E-state index in [4.69, 9.17) is 9.47 Å². The molecule has 0 bridgehead atoms. The van der Waals surface area contributed by atoms with E-state index >= 15 is 0 Å². The predicted molar refractivity (Wildman–Crippen MR) is 129 cm³/mol. The number of fused-ring (bicyclic) bond motifs is 1. The molecule has 0 aliphatic carbocycles. The molecule has 0 spiro atoms. The molecule has 3 aromatic carbocycles. The van der Waals surface area contributed by atoms with Crippen LogP contribution in [0.3, 0.4) is 0 Å². The zero-order valence-corrected chi connectivity index (χ0v) is 18.2. The van der Waals surface area contributed by atoms with Gasteiger partial charge in [0, 0.05) is 13.1 Å². The Morgan fingerprint density at radius 2 is 1.70 bits per heavy atom. The lowest BCUT2D eigenvalue weighted by Gasteiger charge is -2.27. The molecule has 1 saturated heterocycles. The molecule has 0 atom stereocenters. The molecule has 2 heterocycles. The zero-order valence-electron chi connectivity index (χ0n) is 18.2. The Kier molecular flexibility index (Phi) is 6.17. The molecule has 0 unspecified atom stereocenters. The van der Waals surface area contributed by atoms with Gasteiger partial charge in [0.1, 0.15) is 18.2 Å². The predicted octanol–water partition coefficient (Wildman–Crippen LogP) is 4.54. The van der Waals surface area contributed by atoms with Crippen molar-refractivity contribution in [2.45, 2.75) is 6.61 Å². The van der Waals surface area contributed by atoms with Crippen LogP contribution in [0.15, 0.2) is 78.9 Å². The highest BCUT2D eigenvalue weighted by Crippen LogP contribution is 2.24. The Hall–Kier alpha value is -3.90. The van der Waals surface area contributed by atoms with Gasteiger partial charge in [-0.15, -0.1) is 0 Å². The molecular formula is C27H25N3O3. The second-order valence-corrected chi connectivity index (χ2v) is 7.91. The van der Waals surface area contributed by atoms with E-state index in [0.29, 0.717) is 44.3 Å². The van der Waals surface area contributed by atoms with Crippen molar-refractivity contribution in [3.63, 3.8) is 0 Å². The van der Waals surface area contributed by atoms with Gasteiger partial charge in [-0.05, 0) is 41.5 Å². The average molecular weight is 440 g/mol. The lowest BCUT2D eigenvalue weighted by Crippen LogP contribution is -2.41. The van der Waals surface area contributed by atoms with Crippen molar-refractivity contribution in [3.8, 4) is 5.75 Å². The lowest BCUT2D eigenvalue weighted by atomic mass is 10.1. The van der Waals surface area contributed by atoms with Gasteiger partial charge in [0.15, 0.2) is 0 Å². The summed E-state index contributed by atoms with van der Waals surface area (Å²) in [6, 6.07) is 25.6. The van der Waals surface area contributed by atoms with Crippen molar-refractivity contribution >= 4 is 28.6 Å². The van der Waals surface area contributed by atoms with Crippen LogP contribution in [0.5, 0.6) is 5.75 Å². The van der Waals surface area contributed by atoms with E-state index in [1.807, 2.05) is 89.8 Å². The number of carbonyl (C=O) groups is 1. The molecule has 33 heavy (non-hydrogen) atoms. The van der Waals surface area contributed by atoms with E-state index in [1.54, 1.807) is 0 Å². The minimum absolute atomic E-state index is 0.0539. The maximum absolute atomic E-state index is 13.4. The normalized spacial score (nSPS) is 14.4. The summed E-state index contributed by atoms with van der Waals surface area (Å²) in [7, 11) is 0. The van der Waals surface area contributed by atoms with Crippen molar-refractivity contribution in [2.75, 3.05) is 26.3 Å². The van der Waals surface area contributed by atoms with Crippen LogP contribution in [0.1, 0.15) is 17.0 Å². The molecule has 5 rings (SSSR count). The number of H-pyrrole nitrogens is 1. The average Bonchev–Trinajstić information content (AvgIpc) is 3.31. The second-order valence-electron chi connectivity index (χ2n) is 7.91. The van der Waals surface area contributed by atoms with Gasteiger partial charge in [0.2, 0.25) is 0 Å². The fraction of sp³-hybridized carbons (Fsp3) is 0.185. The molecule has 6 heteroatoms. The molecule has 0 radical (unpaired) electrons. The number of nitrogens with zero attached hydrogens (tertiary/aromatic N) is 2. The van der Waals surface area contributed by atoms with Gasteiger partial charge in [-0.25, -0.2) is 4.98 Å². The van der Waals surface area contributed by atoms with Crippen molar-refractivity contribution in [1.82, 2.24) is 14.9 Å². The van der Waals surface area contributed by atoms with Gasteiger partial charge in [-0.3, -0.25) is 4.79 Å². The standard InChI is InChI=1S/C27H25N3O3/c31-27(30-14-16-32-17-15-30)23(26-28-24-8-4-5-9-25(24)29-26)18-20-10-12-22(13-11-20)33-19-21-6-2-1-3-7-21/h1-13,18H,14-17,19H2,(H,28,29)/b23-18+. The Morgan fingerprint density at radius 1 is 0.970 bits per heavy atom. The van der Waals surface area contributed by atoms with Crippen LogP contribution < -0.4 is 4.74 Å². The molecule has 0 saturated carbocycles. The lowest BCUT2D eigenvalue weighted by molar-refractivity contribution is -0.128. The molecular weight excluding hydrogens is 414 g/mol. The number of hydrogen-bond donors (Lipinski definition) is 1. The number of hydrogen-bond acceptors (Lipinski definition) is 4. The number of carbonyl (C=O) groups excluding carboxylic acids is 1. The second kappa shape index (κ2) is 9.71. The number of imidazole rings is 1. The minimum Gasteiger partial charge on any atom is -0.489 e. The van der Waals surface area contributed by atoms with Crippen molar-refractivity contribution in [1.29, 1.82) is 0 Å². The highest BCUT2D eigenvalue weighted by atomic mass is 16.5. The van der Waals surface area contributed by atoms with E-state index in [0.717, 1.165) is 27.9 Å². The quantitative estimate of drug-likeness (QED) is 0.448. The fourth-order valence-corrected chi connectivity index (χ4v) is 3.82. The van der Waals surface area contributed by atoms with Crippen molar-refractivity contribution in [2.24, 2.45) is 0 Å². The summed E-state index contributed by atoms with van der Waals surface area (Å²) in [6.07, 6.45) is 1.89. The molecule has 1 aliphatic rings. The third-order valence-corrected chi connectivity index (χ3v) is 5.61. The van der Waals surface area contributed by atoms with Gasteiger partial charge >= 0.3 is 0 Å². The number of rotatable bonds is 6. The topological polar surface area (TPSA) is 67.5 Å². The molecule has 1 fully saturated rings. The monoisotopic (exact) mass is 439 g/mol. The van der Waals surface area contributed by atoms with Crippen LogP contribution in [0, 0.1) is 0 Å². The Labute approximate surface area is 192 Å². The summed E-state index contributed by atoms with van der Waals surface area (Å²) in [5.74, 6) is 1.29. The smallest absolute Gasteiger partial charge is 0.257 e. The van der Waals surface area contributed by atoms with Gasteiger partial charge < -0.3 is 19.4 Å². The van der Waals surface area contributed by atoms with Gasteiger partial charge in [-0.1, -0.05) is 54.6 Å². The van der Waals surface area contributed by atoms with Crippen molar-refractivity contribution in [3.05, 3.63) is 95.8 Å². The van der Waals surface area contributed by atoms with Crippen LogP contribution in [-0.2, 0) is 16.1 Å². The van der Waals surface area contributed by atoms with E-state index in [-0.39, 0.29) is 5.91 Å². The molecule has 1 N–H and O–H groups in total. The van der Waals surface area contributed by atoms with E-state index in [9.17, 15) is 4.79 Å². The van der Waals surface area contributed by atoms with Crippen LogP contribution in [0.4, 0.5) is 0 Å². The molecule has 1 amide bonds. The highest BCUT2D eigenvalue weighted by molar-refractivity contribution is 6.23. The van der Waals surface area contributed by atoms with Crippen molar-refractivity contribution < 1.29 is 14.3 Å². The van der Waals surface area contributed by atoms with Gasteiger partial charge in [0.05, 0.1) is 29.8 Å². The summed E-state index contributed by atoms with van der Waals surface area (Å²) in [5, 5.41) is 0. The first-order chi connectivity index (χ1) is 16.3. The number of amides is 1. The number of benzene rings is 3. The zero-order chi connectivity index (χ0) is 22.5. The molecule has 1 aliphatic heterocycles. The van der Waals surface area contributed by atoms with E-state index in [2.05, 4.69) is 9.97 Å². The number of aromatic amines is 1. The Bertz CT molecular complexity index is 1220. The number of para-hydroxylation sites is 2. The largest absolute Gasteiger partial charge is 0.489 e. The van der Waals surface area contributed by atoms with E-state index < -0.39 is 0 Å². The van der Waals surface area contributed by atoms with E-state index in [1.165, 1.54) is 0 Å². The fourth-order valence-electron chi connectivity index (χ4n) is 3.82. The van der Waals surface area contributed by atoms with Gasteiger partial charge in [-0.2, -0.15) is 0 Å². The van der Waals surface area contributed by atoms with Crippen LogP contribution in [0.25, 0.3) is 22.7 Å². The minimum atomic E-state index is -0.0539. The molecule has 4 aromatic rings. The molecule has 166 valence electrons. The first kappa shape index (κ1) is 21.0. The number of morpholine rings is 1.